The number of carbonyl (C=O) groups is 8. The molecule has 4 amide bonds. The molecule has 12 aromatic carbocycles. The van der Waals surface area contributed by atoms with Gasteiger partial charge >= 0.3 is 0 Å². The molecule has 0 aromatic heterocycles. The van der Waals surface area contributed by atoms with Crippen molar-refractivity contribution in [1.82, 2.24) is 19.6 Å². The maximum absolute atomic E-state index is 13.6. The van der Waals surface area contributed by atoms with E-state index in [0.717, 1.165) is 118 Å². The van der Waals surface area contributed by atoms with Crippen LogP contribution in [0.15, 0.2) is 291 Å². The number of halogens is 5. The monoisotopic (exact) mass is 1820 g/mol. The minimum Gasteiger partial charge on any atom is -0.454 e. The molecule has 0 saturated carbocycles. The number of fused-ring (bicyclic) bond motifs is 1. The first kappa shape index (κ1) is 93.2. The minimum absolute atomic E-state index is 0.0655. The van der Waals surface area contributed by atoms with Gasteiger partial charge in [0.05, 0.1) is 65.0 Å². The van der Waals surface area contributed by atoms with E-state index < -0.39 is 22.2 Å². The van der Waals surface area contributed by atoms with Gasteiger partial charge in [-0.15, -0.1) is 0 Å². The van der Waals surface area contributed by atoms with Crippen LogP contribution >= 0.6 is 58.0 Å². The molecule has 5 heterocycles. The minimum atomic E-state index is -0.719. The molecule has 4 saturated heterocycles. The predicted molar refractivity (Wildman–Crippen MR) is 514 cm³/mol. The molecule has 23 heteroatoms. The number of rotatable bonds is 24. The lowest BCUT2D eigenvalue weighted by atomic mass is 9.95. The van der Waals surface area contributed by atoms with Crippen molar-refractivity contribution in [2.45, 2.75) is 134 Å². The lowest BCUT2D eigenvalue weighted by Gasteiger charge is -2.34. The van der Waals surface area contributed by atoms with E-state index in [4.69, 9.17) is 67.5 Å². The van der Waals surface area contributed by atoms with Crippen LogP contribution in [0.3, 0.4) is 0 Å². The van der Waals surface area contributed by atoms with Crippen molar-refractivity contribution in [2.75, 3.05) is 54.2 Å². The third-order valence-electron chi connectivity index (χ3n) is 25.0. The smallest absolute Gasteiger partial charge is 0.244 e. The van der Waals surface area contributed by atoms with Gasteiger partial charge in [0.1, 0.15) is 0 Å². The molecule has 12 aromatic rings. The third-order valence-corrected chi connectivity index (χ3v) is 26.7. The normalized spacial score (nSPS) is 18.7. The van der Waals surface area contributed by atoms with Crippen molar-refractivity contribution in [3.63, 3.8) is 0 Å². The van der Waals surface area contributed by atoms with Gasteiger partial charge in [0.25, 0.3) is 0 Å². The van der Waals surface area contributed by atoms with E-state index in [1.807, 2.05) is 198 Å². The van der Waals surface area contributed by atoms with Crippen LogP contribution in [0.2, 0.25) is 25.1 Å². The van der Waals surface area contributed by atoms with Crippen LogP contribution in [-0.4, -0.2) is 121 Å². The zero-order valence-electron chi connectivity index (χ0n) is 72.5. The molecule has 0 radical (unpaired) electrons. The topological polar surface area (TPSA) is 216 Å². The Morgan fingerprint density at radius 3 is 1.01 bits per heavy atom. The number of carbonyl (C=O) groups excluding carboxylic acids is 8. The van der Waals surface area contributed by atoms with Crippen LogP contribution in [0.1, 0.15) is 171 Å². The molecular formula is C106H101Cl5N8O10. The highest BCUT2D eigenvalue weighted by atomic mass is 35.5. The second-order valence-electron chi connectivity index (χ2n) is 33.8. The summed E-state index contributed by atoms with van der Waals surface area (Å²) in [6.45, 7) is 15.8. The van der Waals surface area contributed by atoms with Gasteiger partial charge in [0, 0.05) is 75.7 Å². The zero-order chi connectivity index (χ0) is 91.0. The Kier molecular flexibility index (Phi) is 30.4. The Bertz CT molecular complexity index is 6100. The van der Waals surface area contributed by atoms with Gasteiger partial charge in [-0.05, 0) is 231 Å². The summed E-state index contributed by atoms with van der Waals surface area (Å²) in [5, 5.41) is 14.7. The number of hydrogen-bond donors (Lipinski definition) is 4. The summed E-state index contributed by atoms with van der Waals surface area (Å²) in [5.41, 5.74) is 8.72. The maximum atomic E-state index is 13.6. The van der Waals surface area contributed by atoms with E-state index in [2.05, 4.69) is 53.0 Å². The maximum Gasteiger partial charge on any atom is 0.244 e. The average Bonchev–Trinajstić information content (AvgIpc) is 1.71. The van der Waals surface area contributed by atoms with Gasteiger partial charge in [-0.1, -0.05) is 258 Å². The number of benzene rings is 12. The van der Waals surface area contributed by atoms with E-state index in [1.165, 1.54) is 5.56 Å². The lowest BCUT2D eigenvalue weighted by molar-refractivity contribution is -0.126. The molecule has 129 heavy (non-hydrogen) atoms. The standard InChI is InChI=1S/C27H26Cl2N2O2.C27H25ClN2O4.C26H24Cl2N2O2.C26H26N2O2/c1-18-9-11-21(25(32)20-7-4-3-5-8-20)24(15-18)30-26(33)27(2)13-6-14-31(27)17-19-10-12-22(28)23(29)16-19;1-27(12-5-13-30(27)16-18-8-11-23-24(14-18)34-17-33-23)26(32)29-22-10-9-20(28)15-21(22)25(31)19-6-3-2-4-7-19;1-26(14-7-15-30(26)17-18-12-13-21(27)22(28)16-18)25(32)29-23-11-6-5-10-20(23)24(31)19-8-3-2-4-9-19;1-26(17-10-18-28(26)19-20-11-4-2-5-12-20)25(30)27-23-16-9-8-15-22(23)24(29)21-13-6-3-7-14-21/h3-5,7-12,15-16H,6,13-14,17H2,1-2H3,(H,30,33);2-4,6-11,14-15H,5,12-13,16-17H2,1H3,(H,29,32);2-6,8-13,16H,7,14-15,17H2,1H3,(H,29,32);2-9,11-16H,10,17-19H2,1H3,(H,27,30)/t2*27-;2*26-/m1111/s1. The van der Waals surface area contributed by atoms with Gasteiger partial charge in [-0.3, -0.25) is 58.0 Å². The summed E-state index contributed by atoms with van der Waals surface area (Å²) in [5.74, 6) is 0.505. The number of aryl methyl sites for hydroxylation is 1. The highest BCUT2D eigenvalue weighted by Gasteiger charge is 2.47. The van der Waals surface area contributed by atoms with Crippen LogP contribution in [0.4, 0.5) is 22.7 Å². The number of ketones is 4. The van der Waals surface area contributed by atoms with Crippen LogP contribution in [0.25, 0.3) is 0 Å². The molecule has 4 fully saturated rings. The first-order valence-corrected chi connectivity index (χ1v) is 45.1. The Labute approximate surface area is 778 Å². The Morgan fingerprint density at radius 2 is 0.612 bits per heavy atom. The molecule has 0 unspecified atom stereocenters. The summed E-state index contributed by atoms with van der Waals surface area (Å²) in [6.07, 6.45) is 6.68. The second-order valence-corrected chi connectivity index (χ2v) is 35.9. The summed E-state index contributed by atoms with van der Waals surface area (Å²) < 4.78 is 10.9. The third kappa shape index (κ3) is 22.2. The predicted octanol–water partition coefficient (Wildman–Crippen LogP) is 22.9. The molecule has 0 bridgehead atoms. The average molecular weight is 1820 g/mol. The van der Waals surface area contributed by atoms with E-state index in [9.17, 15) is 38.4 Å². The fourth-order valence-electron chi connectivity index (χ4n) is 17.3. The first-order chi connectivity index (χ1) is 62.2. The molecular weight excluding hydrogens is 1720 g/mol. The highest BCUT2D eigenvalue weighted by molar-refractivity contribution is 6.42. The fourth-order valence-corrected chi connectivity index (χ4v) is 18.1. The van der Waals surface area contributed by atoms with Crippen molar-refractivity contribution < 1.29 is 47.8 Å². The van der Waals surface area contributed by atoms with E-state index in [-0.39, 0.29) is 53.6 Å². The van der Waals surface area contributed by atoms with Gasteiger partial charge in [-0.2, -0.15) is 0 Å². The van der Waals surface area contributed by atoms with E-state index in [1.54, 1.807) is 115 Å². The molecule has 17 rings (SSSR count). The highest BCUT2D eigenvalue weighted by Crippen LogP contribution is 2.41. The lowest BCUT2D eigenvalue weighted by Crippen LogP contribution is -2.50. The molecule has 4 N–H and O–H groups in total. The summed E-state index contributed by atoms with van der Waals surface area (Å²) in [6, 6.07) is 88.4. The molecule has 18 nitrogen and oxygen atoms in total. The Hall–Kier alpha value is -11.9. The molecule has 0 spiro atoms. The van der Waals surface area contributed by atoms with Gasteiger partial charge < -0.3 is 30.7 Å². The molecule has 660 valence electrons. The van der Waals surface area contributed by atoms with Crippen LogP contribution in [-0.2, 0) is 45.4 Å². The van der Waals surface area contributed by atoms with Crippen LogP contribution < -0.4 is 30.7 Å². The largest absolute Gasteiger partial charge is 0.454 e. The van der Waals surface area contributed by atoms with Crippen molar-refractivity contribution in [3.8, 4) is 11.5 Å². The number of amides is 4. The van der Waals surface area contributed by atoms with Crippen LogP contribution in [0.5, 0.6) is 11.5 Å². The summed E-state index contributed by atoms with van der Waals surface area (Å²) in [7, 11) is 0. The van der Waals surface area contributed by atoms with Gasteiger partial charge in [0.15, 0.2) is 34.6 Å². The zero-order valence-corrected chi connectivity index (χ0v) is 76.3. The van der Waals surface area contributed by atoms with Gasteiger partial charge in [0.2, 0.25) is 30.4 Å². The Balaban J connectivity index is 0.000000139. The number of hydrogen-bond acceptors (Lipinski definition) is 14. The second kappa shape index (κ2) is 42.1. The fraction of sp³-hybridized carbons (Fsp3) is 0.245. The van der Waals surface area contributed by atoms with E-state index in [0.29, 0.717) is 112 Å². The van der Waals surface area contributed by atoms with Crippen molar-refractivity contribution in [2.24, 2.45) is 0 Å². The van der Waals surface area contributed by atoms with Gasteiger partial charge in [-0.25, -0.2) is 0 Å². The number of nitrogens with zero attached hydrogens (tertiary/aromatic N) is 4. The van der Waals surface area contributed by atoms with Crippen molar-refractivity contribution >= 4 is 128 Å². The molecule has 4 atom stereocenters. The quantitative estimate of drug-likeness (QED) is 0.0414. The van der Waals surface area contributed by atoms with Crippen LogP contribution in [0, 0.1) is 6.92 Å². The number of ether oxygens (including phenoxy) is 2. The first-order valence-electron chi connectivity index (χ1n) is 43.2. The number of likely N-dealkylation sites (tertiary alicyclic amines) is 4. The SMILES string of the molecule is C[C@]1(C(=O)Nc2ccc(Cl)cc2C(=O)c2ccccc2)CCCN1Cc1ccc2c(c1)OCO2.C[C@]1(C(=O)Nc2ccccc2C(=O)c2ccccc2)CCCN1Cc1ccc(Cl)c(Cl)c1.C[C@]1(C(=O)Nc2ccccc2C(=O)c2ccccc2)CCCN1Cc1ccccc1.Cc1ccc(C(=O)c2ccccc2)c(NC(=O)[C@@]2(C)CCCN2Cc2ccc(Cl)c(Cl)c2)c1. The van der Waals surface area contributed by atoms with E-state index >= 15 is 0 Å². The number of anilines is 4. The molecule has 5 aliphatic rings. The summed E-state index contributed by atoms with van der Waals surface area (Å²) >= 11 is 30.7. The van der Waals surface area contributed by atoms with Crippen molar-refractivity contribution in [3.05, 3.63) is 389 Å². The number of nitrogens with one attached hydrogen (secondary N) is 4. The molecule has 0 aliphatic carbocycles. The summed E-state index contributed by atoms with van der Waals surface area (Å²) in [4.78, 5) is 115. The van der Waals surface area contributed by atoms with Crippen molar-refractivity contribution in [1.29, 1.82) is 0 Å². The Morgan fingerprint density at radius 1 is 0.295 bits per heavy atom. The number of para-hydroxylation sites is 2. The molecule has 5 aliphatic heterocycles.